The molecule has 0 radical (unpaired) electrons. The first-order valence-electron chi connectivity index (χ1n) is 4.71. The van der Waals surface area contributed by atoms with Crippen LogP contribution in [0.2, 0.25) is 0 Å². The first-order chi connectivity index (χ1) is 6.75. The van der Waals surface area contributed by atoms with E-state index in [4.69, 9.17) is 10.5 Å². The zero-order valence-electron chi connectivity index (χ0n) is 8.14. The average Bonchev–Trinajstić information content (AvgIpc) is 2.12. The van der Waals surface area contributed by atoms with Gasteiger partial charge in [0.2, 0.25) is 0 Å². The van der Waals surface area contributed by atoms with Crippen LogP contribution in [0.3, 0.4) is 0 Å². The highest BCUT2D eigenvalue weighted by atomic mass is 32.2. The molecule has 1 atom stereocenters. The number of hydrogen-bond acceptors (Lipinski definition) is 4. The van der Waals surface area contributed by atoms with Gasteiger partial charge in [0.15, 0.2) is 0 Å². The summed E-state index contributed by atoms with van der Waals surface area (Å²) < 4.78 is 5.10. The van der Waals surface area contributed by atoms with Crippen LogP contribution in [-0.2, 0) is 4.74 Å². The Labute approximate surface area is 88.0 Å². The van der Waals surface area contributed by atoms with Crippen molar-refractivity contribution < 1.29 is 4.74 Å². The molecule has 2 heterocycles. The van der Waals surface area contributed by atoms with E-state index >= 15 is 0 Å². The van der Waals surface area contributed by atoms with Crippen LogP contribution in [0.1, 0.15) is 18.5 Å². The van der Waals surface area contributed by atoms with Crippen LogP contribution in [0.15, 0.2) is 23.4 Å². The summed E-state index contributed by atoms with van der Waals surface area (Å²) in [5.74, 6) is 0. The summed E-state index contributed by atoms with van der Waals surface area (Å²) in [5, 5.41) is 1.64. The number of pyridine rings is 1. The van der Waals surface area contributed by atoms with E-state index in [9.17, 15) is 0 Å². The van der Waals surface area contributed by atoms with Crippen LogP contribution >= 0.6 is 11.8 Å². The summed E-state index contributed by atoms with van der Waals surface area (Å²) in [4.78, 5) is 4.35. The van der Waals surface area contributed by atoms with Gasteiger partial charge < -0.3 is 10.5 Å². The van der Waals surface area contributed by atoms with Crippen molar-refractivity contribution in [2.75, 3.05) is 13.2 Å². The van der Waals surface area contributed by atoms with Crippen molar-refractivity contribution in [1.29, 1.82) is 0 Å². The molecule has 1 aromatic heterocycles. The van der Waals surface area contributed by atoms with E-state index in [0.717, 1.165) is 23.8 Å². The second-order valence-electron chi connectivity index (χ2n) is 3.50. The molecule has 0 aromatic carbocycles. The van der Waals surface area contributed by atoms with Crippen LogP contribution in [0.25, 0.3) is 0 Å². The van der Waals surface area contributed by atoms with Crippen molar-refractivity contribution in [3.63, 3.8) is 0 Å². The normalized spacial score (nSPS) is 19.0. The Kier molecular flexibility index (Phi) is 3.05. The Hall–Kier alpha value is -0.580. The Morgan fingerprint density at radius 1 is 1.57 bits per heavy atom. The van der Waals surface area contributed by atoms with Crippen molar-refractivity contribution in [3.8, 4) is 0 Å². The molecule has 0 spiro atoms. The number of thioether (sulfide) groups is 1. The summed E-state index contributed by atoms with van der Waals surface area (Å²) >= 11 is 1.77. The van der Waals surface area contributed by atoms with E-state index < -0.39 is 0 Å². The lowest BCUT2D eigenvalue weighted by Crippen LogP contribution is -2.30. The Balaban J connectivity index is 1.98. The Bertz CT molecular complexity index is 295. The zero-order valence-corrected chi connectivity index (χ0v) is 8.96. The van der Waals surface area contributed by atoms with Crippen LogP contribution in [-0.4, -0.2) is 23.4 Å². The van der Waals surface area contributed by atoms with Gasteiger partial charge in [-0.2, -0.15) is 0 Å². The quantitative estimate of drug-likeness (QED) is 0.823. The molecule has 3 nitrogen and oxygen atoms in total. The molecule has 0 saturated carbocycles. The van der Waals surface area contributed by atoms with Gasteiger partial charge in [-0.25, -0.2) is 4.98 Å². The molecule has 76 valence electrons. The molecular formula is C10H14N2OS. The highest BCUT2D eigenvalue weighted by Crippen LogP contribution is 2.26. The third-order valence-electron chi connectivity index (χ3n) is 2.18. The first-order valence-corrected chi connectivity index (χ1v) is 5.59. The van der Waals surface area contributed by atoms with Gasteiger partial charge >= 0.3 is 0 Å². The Morgan fingerprint density at radius 3 is 2.79 bits per heavy atom. The van der Waals surface area contributed by atoms with E-state index in [2.05, 4.69) is 4.98 Å². The maximum Gasteiger partial charge on any atom is 0.0964 e. The van der Waals surface area contributed by atoms with Gasteiger partial charge in [-0.15, -0.1) is 0 Å². The largest absolute Gasteiger partial charge is 0.379 e. The summed E-state index contributed by atoms with van der Waals surface area (Å²) in [7, 11) is 0. The van der Waals surface area contributed by atoms with Gasteiger partial charge in [0.25, 0.3) is 0 Å². The average molecular weight is 210 g/mol. The van der Waals surface area contributed by atoms with Crippen LogP contribution in [0.5, 0.6) is 0 Å². The number of aromatic nitrogens is 1. The SMILES string of the molecule is CC(N)c1ccc(SC2COC2)nc1. The van der Waals surface area contributed by atoms with Gasteiger partial charge in [0.1, 0.15) is 0 Å². The highest BCUT2D eigenvalue weighted by Gasteiger charge is 2.19. The van der Waals surface area contributed by atoms with Crippen molar-refractivity contribution in [2.24, 2.45) is 5.73 Å². The van der Waals surface area contributed by atoms with Crippen molar-refractivity contribution in [1.82, 2.24) is 4.98 Å². The number of hydrogen-bond donors (Lipinski definition) is 1. The monoisotopic (exact) mass is 210 g/mol. The summed E-state index contributed by atoms with van der Waals surface area (Å²) in [5.41, 5.74) is 6.82. The van der Waals surface area contributed by atoms with Crippen LogP contribution in [0, 0.1) is 0 Å². The molecule has 2 rings (SSSR count). The number of nitrogens with two attached hydrogens (primary N) is 1. The van der Waals surface area contributed by atoms with Crippen LogP contribution < -0.4 is 5.73 Å². The number of nitrogens with zero attached hydrogens (tertiary/aromatic N) is 1. The summed E-state index contributed by atoms with van der Waals surface area (Å²) in [6.07, 6.45) is 1.85. The van der Waals surface area contributed by atoms with Gasteiger partial charge in [0.05, 0.1) is 23.5 Å². The van der Waals surface area contributed by atoms with Crippen LogP contribution in [0.4, 0.5) is 0 Å². The third kappa shape index (κ3) is 2.26. The second-order valence-corrected chi connectivity index (χ2v) is 4.82. The van der Waals surface area contributed by atoms with Crippen molar-refractivity contribution >= 4 is 11.8 Å². The predicted octanol–water partition coefficient (Wildman–Crippen LogP) is 1.59. The molecular weight excluding hydrogens is 196 g/mol. The lowest BCUT2D eigenvalue weighted by atomic mass is 10.2. The minimum Gasteiger partial charge on any atom is -0.379 e. The fraction of sp³-hybridized carbons (Fsp3) is 0.500. The molecule has 4 heteroatoms. The number of rotatable bonds is 3. The van der Waals surface area contributed by atoms with Gasteiger partial charge in [-0.05, 0) is 18.6 Å². The standard InChI is InChI=1S/C10H14N2OS/c1-7(11)8-2-3-10(12-4-8)14-9-5-13-6-9/h2-4,7,9H,5-6,11H2,1H3. The minimum absolute atomic E-state index is 0.0635. The maximum atomic E-state index is 5.74. The molecule has 2 N–H and O–H groups in total. The smallest absolute Gasteiger partial charge is 0.0964 e. The molecule has 1 aliphatic rings. The lowest BCUT2D eigenvalue weighted by molar-refractivity contribution is 0.0454. The molecule has 1 aliphatic heterocycles. The van der Waals surface area contributed by atoms with E-state index in [0.29, 0.717) is 5.25 Å². The topological polar surface area (TPSA) is 48.1 Å². The zero-order chi connectivity index (χ0) is 9.97. The minimum atomic E-state index is 0.0635. The molecule has 1 unspecified atom stereocenters. The fourth-order valence-corrected chi connectivity index (χ4v) is 2.11. The van der Waals surface area contributed by atoms with Crippen molar-refractivity contribution in [2.45, 2.75) is 23.2 Å². The van der Waals surface area contributed by atoms with Gasteiger partial charge in [-0.3, -0.25) is 0 Å². The predicted molar refractivity (Wildman–Crippen MR) is 57.3 cm³/mol. The highest BCUT2D eigenvalue weighted by molar-refractivity contribution is 8.00. The third-order valence-corrected chi connectivity index (χ3v) is 3.27. The molecule has 0 amide bonds. The van der Waals surface area contributed by atoms with E-state index in [1.54, 1.807) is 11.8 Å². The maximum absolute atomic E-state index is 5.74. The summed E-state index contributed by atoms with van der Waals surface area (Å²) in [6.45, 7) is 3.66. The molecule has 0 bridgehead atoms. The molecule has 1 fully saturated rings. The molecule has 0 aliphatic carbocycles. The second kappa shape index (κ2) is 4.29. The Morgan fingerprint density at radius 2 is 2.36 bits per heavy atom. The fourth-order valence-electron chi connectivity index (χ4n) is 1.18. The van der Waals surface area contributed by atoms with Crippen molar-refractivity contribution in [3.05, 3.63) is 23.9 Å². The first kappa shape index (κ1) is 9.96. The molecule has 1 aromatic rings. The number of ether oxygens (including phenoxy) is 1. The van der Waals surface area contributed by atoms with E-state index in [1.807, 2.05) is 25.3 Å². The lowest BCUT2D eigenvalue weighted by Gasteiger charge is -2.24. The summed E-state index contributed by atoms with van der Waals surface area (Å²) in [6, 6.07) is 4.13. The van der Waals surface area contributed by atoms with E-state index in [1.165, 1.54) is 0 Å². The molecule has 14 heavy (non-hydrogen) atoms. The molecule has 1 saturated heterocycles. The van der Waals surface area contributed by atoms with Gasteiger partial charge in [-0.1, -0.05) is 17.8 Å². The van der Waals surface area contributed by atoms with E-state index in [-0.39, 0.29) is 6.04 Å². The van der Waals surface area contributed by atoms with Gasteiger partial charge in [0, 0.05) is 12.2 Å².